The number of guanidine groups is 1. The van der Waals surface area contributed by atoms with E-state index in [-0.39, 0.29) is 17.3 Å². The summed E-state index contributed by atoms with van der Waals surface area (Å²) in [6.45, 7) is 2.83. The highest BCUT2D eigenvalue weighted by atomic mass is 32.1. The lowest BCUT2D eigenvalue weighted by atomic mass is 10.2. The molecule has 0 spiro atoms. The molecule has 2 aromatic rings. The van der Waals surface area contributed by atoms with Gasteiger partial charge in [0.2, 0.25) is 0 Å². The quantitative estimate of drug-likeness (QED) is 0.451. The first kappa shape index (κ1) is 20.9. The zero-order valence-electron chi connectivity index (χ0n) is 15.1. The van der Waals surface area contributed by atoms with Crippen LogP contribution < -0.4 is 10.1 Å². The van der Waals surface area contributed by atoms with Gasteiger partial charge in [0.1, 0.15) is 5.01 Å². The summed E-state index contributed by atoms with van der Waals surface area (Å²) >= 11 is 0.910. The van der Waals surface area contributed by atoms with E-state index >= 15 is 0 Å². The topological polar surface area (TPSA) is 49.8 Å². The highest BCUT2D eigenvalue weighted by Gasteiger charge is 2.33. The molecule has 148 valence electrons. The van der Waals surface area contributed by atoms with Gasteiger partial charge >= 0.3 is 6.18 Å². The molecule has 0 saturated carbocycles. The summed E-state index contributed by atoms with van der Waals surface area (Å²) < 4.78 is 56.6. The average Bonchev–Trinajstić information content (AvgIpc) is 3.08. The van der Waals surface area contributed by atoms with Crippen LogP contribution in [0.2, 0.25) is 0 Å². The normalized spacial score (nSPS) is 12.2. The van der Waals surface area contributed by atoms with Crippen LogP contribution in [0.4, 0.5) is 17.6 Å². The minimum atomic E-state index is -4.46. The molecule has 10 heteroatoms. The van der Waals surface area contributed by atoms with Crippen molar-refractivity contribution in [3.05, 3.63) is 45.7 Å². The number of rotatable bonds is 6. The van der Waals surface area contributed by atoms with Crippen LogP contribution in [-0.2, 0) is 19.3 Å². The van der Waals surface area contributed by atoms with Crippen molar-refractivity contribution in [2.24, 2.45) is 4.99 Å². The Hall–Kier alpha value is -2.36. The molecule has 0 saturated heterocycles. The number of nitrogens with zero attached hydrogens (tertiary/aromatic N) is 3. The number of methoxy groups -OCH3 is 1. The molecule has 1 aromatic carbocycles. The lowest BCUT2D eigenvalue weighted by molar-refractivity contribution is -0.140. The SMILES string of the molecule is CCNC(=NCc1nc(C(F)(F)F)cs1)N(C)Cc1ccc(OC)c(F)c1. The fraction of sp³-hybridized carbons (Fsp3) is 0.412. The van der Waals surface area contributed by atoms with E-state index in [0.717, 1.165) is 16.7 Å². The predicted molar refractivity (Wildman–Crippen MR) is 96.4 cm³/mol. The monoisotopic (exact) mass is 404 g/mol. The van der Waals surface area contributed by atoms with Crippen molar-refractivity contribution in [1.82, 2.24) is 15.2 Å². The van der Waals surface area contributed by atoms with E-state index in [4.69, 9.17) is 4.74 Å². The molecule has 0 amide bonds. The predicted octanol–water partition coefficient (Wildman–Crippen LogP) is 3.91. The van der Waals surface area contributed by atoms with Gasteiger partial charge in [-0.2, -0.15) is 13.2 Å². The second kappa shape index (κ2) is 9.03. The molecule has 0 aliphatic heterocycles. The van der Waals surface area contributed by atoms with Crippen LogP contribution in [0.3, 0.4) is 0 Å². The largest absolute Gasteiger partial charge is 0.494 e. The Labute approximate surface area is 158 Å². The van der Waals surface area contributed by atoms with Crippen molar-refractivity contribution >= 4 is 17.3 Å². The number of hydrogen-bond donors (Lipinski definition) is 1. The molecule has 0 aliphatic carbocycles. The molecule has 5 nitrogen and oxygen atoms in total. The van der Waals surface area contributed by atoms with Gasteiger partial charge in [0, 0.05) is 25.5 Å². The Balaban J connectivity index is 2.09. The Bertz CT molecular complexity index is 791. The van der Waals surface area contributed by atoms with E-state index < -0.39 is 17.7 Å². The third-order valence-corrected chi connectivity index (χ3v) is 4.37. The molecular formula is C17H20F4N4OS. The van der Waals surface area contributed by atoms with Gasteiger partial charge in [-0.15, -0.1) is 11.3 Å². The number of ether oxygens (including phenoxy) is 1. The van der Waals surface area contributed by atoms with Crippen molar-refractivity contribution in [3.63, 3.8) is 0 Å². The first-order chi connectivity index (χ1) is 12.7. The number of aliphatic imine (C=N–C) groups is 1. The summed E-state index contributed by atoms with van der Waals surface area (Å²) in [5.41, 5.74) is -0.209. The van der Waals surface area contributed by atoms with E-state index in [2.05, 4.69) is 15.3 Å². The lowest BCUT2D eigenvalue weighted by Crippen LogP contribution is -2.38. The minimum Gasteiger partial charge on any atom is -0.494 e. The zero-order valence-corrected chi connectivity index (χ0v) is 15.9. The summed E-state index contributed by atoms with van der Waals surface area (Å²) in [4.78, 5) is 9.64. The molecular weight excluding hydrogens is 384 g/mol. The molecule has 0 unspecified atom stereocenters. The first-order valence-corrected chi connectivity index (χ1v) is 8.96. The van der Waals surface area contributed by atoms with Gasteiger partial charge in [0.05, 0.1) is 13.7 Å². The van der Waals surface area contributed by atoms with Crippen LogP contribution in [0.5, 0.6) is 5.75 Å². The number of halogens is 4. The lowest BCUT2D eigenvalue weighted by Gasteiger charge is -2.22. The zero-order chi connectivity index (χ0) is 20.0. The highest BCUT2D eigenvalue weighted by Crippen LogP contribution is 2.30. The van der Waals surface area contributed by atoms with Crippen LogP contribution in [0.1, 0.15) is 23.2 Å². The maximum atomic E-state index is 13.8. The third kappa shape index (κ3) is 5.81. The molecule has 1 aromatic heterocycles. The summed E-state index contributed by atoms with van der Waals surface area (Å²) in [6.07, 6.45) is -4.46. The molecule has 2 rings (SSSR count). The standard InChI is InChI=1S/C17H20F4N4OS/c1-4-22-16(23-8-15-24-14(10-27-15)17(19,20)21)25(2)9-11-5-6-13(26-3)12(18)7-11/h5-7,10H,4,8-9H2,1-3H3,(H,22,23). The van der Waals surface area contributed by atoms with Crippen molar-refractivity contribution in [1.29, 1.82) is 0 Å². The number of nitrogens with one attached hydrogen (secondary N) is 1. The van der Waals surface area contributed by atoms with Crippen molar-refractivity contribution in [2.45, 2.75) is 26.2 Å². The molecule has 0 fully saturated rings. The molecule has 0 atom stereocenters. The van der Waals surface area contributed by atoms with Crippen LogP contribution in [0.15, 0.2) is 28.6 Å². The van der Waals surface area contributed by atoms with Crippen molar-refractivity contribution < 1.29 is 22.3 Å². The third-order valence-electron chi connectivity index (χ3n) is 3.54. The molecule has 0 aliphatic rings. The van der Waals surface area contributed by atoms with Crippen LogP contribution >= 0.6 is 11.3 Å². The Morgan fingerprint density at radius 1 is 1.37 bits per heavy atom. The summed E-state index contributed by atoms with van der Waals surface area (Å²) in [5, 5.41) is 4.30. The van der Waals surface area contributed by atoms with Crippen LogP contribution in [0.25, 0.3) is 0 Å². The number of aromatic nitrogens is 1. The van der Waals surface area contributed by atoms with Gasteiger partial charge in [-0.1, -0.05) is 6.07 Å². The van der Waals surface area contributed by atoms with E-state index in [9.17, 15) is 17.6 Å². The Kier molecular flexibility index (Phi) is 7.00. The second-order valence-electron chi connectivity index (χ2n) is 5.62. The number of hydrogen-bond acceptors (Lipinski definition) is 4. The average molecular weight is 404 g/mol. The van der Waals surface area contributed by atoms with Gasteiger partial charge in [-0.3, -0.25) is 0 Å². The highest BCUT2D eigenvalue weighted by molar-refractivity contribution is 7.09. The van der Waals surface area contributed by atoms with Gasteiger partial charge in [0.25, 0.3) is 0 Å². The maximum Gasteiger partial charge on any atom is 0.434 e. The van der Waals surface area contributed by atoms with Crippen molar-refractivity contribution in [2.75, 3.05) is 20.7 Å². The smallest absolute Gasteiger partial charge is 0.434 e. The summed E-state index contributed by atoms with van der Waals surface area (Å²) in [5.74, 6) is 0.177. The number of thiazole rings is 1. The Morgan fingerprint density at radius 3 is 2.67 bits per heavy atom. The number of benzene rings is 1. The number of alkyl halides is 3. The molecule has 27 heavy (non-hydrogen) atoms. The fourth-order valence-electron chi connectivity index (χ4n) is 2.28. The van der Waals surface area contributed by atoms with Crippen LogP contribution in [-0.4, -0.2) is 36.5 Å². The molecule has 0 radical (unpaired) electrons. The van der Waals surface area contributed by atoms with Crippen molar-refractivity contribution in [3.8, 4) is 5.75 Å². The summed E-state index contributed by atoms with van der Waals surface area (Å²) in [7, 11) is 3.15. The second-order valence-corrected chi connectivity index (χ2v) is 6.56. The van der Waals surface area contributed by atoms with E-state index in [0.29, 0.717) is 24.6 Å². The Morgan fingerprint density at radius 2 is 2.11 bits per heavy atom. The molecule has 1 N–H and O–H groups in total. The van der Waals surface area contributed by atoms with Gasteiger partial charge in [-0.05, 0) is 24.6 Å². The van der Waals surface area contributed by atoms with Gasteiger partial charge in [0.15, 0.2) is 23.2 Å². The van der Waals surface area contributed by atoms with Gasteiger partial charge in [-0.25, -0.2) is 14.4 Å². The first-order valence-electron chi connectivity index (χ1n) is 8.08. The minimum absolute atomic E-state index is 0.0182. The summed E-state index contributed by atoms with van der Waals surface area (Å²) in [6, 6.07) is 4.64. The molecule has 1 heterocycles. The van der Waals surface area contributed by atoms with Gasteiger partial charge < -0.3 is 15.0 Å². The maximum absolute atomic E-state index is 13.8. The molecule has 0 bridgehead atoms. The van der Waals surface area contributed by atoms with E-state index in [1.54, 1.807) is 18.0 Å². The van der Waals surface area contributed by atoms with Crippen LogP contribution in [0, 0.1) is 5.82 Å². The van der Waals surface area contributed by atoms with E-state index in [1.807, 2.05) is 6.92 Å². The fourth-order valence-corrected chi connectivity index (χ4v) is 3.01. The van der Waals surface area contributed by atoms with E-state index in [1.165, 1.54) is 19.2 Å².